The highest BCUT2D eigenvalue weighted by Crippen LogP contribution is 2.18. The van der Waals surface area contributed by atoms with Crippen molar-refractivity contribution in [2.75, 3.05) is 37.3 Å². The molecule has 0 aliphatic carbocycles. The van der Waals surface area contributed by atoms with Crippen LogP contribution in [-0.2, 0) is 19.3 Å². The molecule has 6 heteroatoms. The van der Waals surface area contributed by atoms with Gasteiger partial charge in [-0.2, -0.15) is 11.3 Å². The molecular weight excluding hydrogens is 382 g/mol. The first kappa shape index (κ1) is 21.3. The van der Waals surface area contributed by atoms with Gasteiger partial charge in [0.2, 0.25) is 0 Å². The van der Waals surface area contributed by atoms with Gasteiger partial charge in [-0.15, -0.1) is 0 Å². The van der Waals surface area contributed by atoms with Crippen LogP contribution in [0.25, 0.3) is 0 Å². The van der Waals surface area contributed by atoms with E-state index in [2.05, 4.69) is 52.5 Å². The third-order valence-corrected chi connectivity index (χ3v) is 5.99. The topological polar surface area (TPSA) is 70.2 Å². The Kier molecular flexibility index (Phi) is 7.61. The van der Waals surface area contributed by atoms with Crippen LogP contribution in [0.4, 0.5) is 11.4 Å². The standard InChI is InChI=1S/C23H29N3O2S/c1-16-5-3-6-18(9-12-24-2)19(16)7-4-11-25-20-21(23(28)22(20)27)26-13-8-17-10-14-29-15-17/h3,5-6,10,14-15,24-26H,4,7-9,11-13H2,1-2H3. The van der Waals surface area contributed by atoms with E-state index in [1.54, 1.807) is 11.3 Å². The fraction of sp³-hybridized carbons (Fsp3) is 0.391. The molecule has 0 spiro atoms. The van der Waals surface area contributed by atoms with Gasteiger partial charge in [0.1, 0.15) is 11.4 Å². The quantitative estimate of drug-likeness (QED) is 0.316. The van der Waals surface area contributed by atoms with Crippen molar-refractivity contribution in [1.29, 1.82) is 0 Å². The number of aryl methyl sites for hydroxylation is 1. The van der Waals surface area contributed by atoms with Crippen LogP contribution in [0.1, 0.15) is 28.7 Å². The van der Waals surface area contributed by atoms with Gasteiger partial charge in [-0.1, -0.05) is 18.2 Å². The molecule has 3 N–H and O–H groups in total. The Morgan fingerprint density at radius 3 is 2.34 bits per heavy atom. The second kappa shape index (κ2) is 10.4. The third-order valence-electron chi connectivity index (χ3n) is 5.26. The SMILES string of the molecule is CNCCc1cccc(C)c1CCCNc1c(NCCc2ccsc2)c(=O)c1=O. The van der Waals surface area contributed by atoms with Crippen molar-refractivity contribution in [3.05, 3.63) is 77.7 Å². The molecule has 29 heavy (non-hydrogen) atoms. The first-order valence-electron chi connectivity index (χ1n) is 10.2. The Labute approximate surface area is 175 Å². The van der Waals surface area contributed by atoms with Crippen LogP contribution in [0.3, 0.4) is 0 Å². The van der Waals surface area contributed by atoms with Crippen LogP contribution in [0, 0.1) is 6.92 Å². The zero-order valence-corrected chi connectivity index (χ0v) is 18.0. The summed E-state index contributed by atoms with van der Waals surface area (Å²) >= 11 is 1.66. The average Bonchev–Trinajstić information content (AvgIpc) is 3.24. The molecule has 0 saturated carbocycles. The van der Waals surface area contributed by atoms with E-state index in [9.17, 15) is 9.59 Å². The van der Waals surface area contributed by atoms with Gasteiger partial charge in [-0.25, -0.2) is 0 Å². The number of hydrogen-bond donors (Lipinski definition) is 3. The number of benzene rings is 1. The maximum Gasteiger partial charge on any atom is 0.253 e. The molecule has 0 aliphatic heterocycles. The van der Waals surface area contributed by atoms with E-state index >= 15 is 0 Å². The molecule has 2 aromatic carbocycles. The first-order chi connectivity index (χ1) is 14.1. The van der Waals surface area contributed by atoms with Gasteiger partial charge in [0.25, 0.3) is 10.9 Å². The Morgan fingerprint density at radius 1 is 0.897 bits per heavy atom. The van der Waals surface area contributed by atoms with Crippen molar-refractivity contribution in [1.82, 2.24) is 5.32 Å². The molecule has 0 aliphatic rings. The molecule has 0 bridgehead atoms. The summed E-state index contributed by atoms with van der Waals surface area (Å²) in [6.45, 7) is 4.43. The molecule has 154 valence electrons. The summed E-state index contributed by atoms with van der Waals surface area (Å²) in [4.78, 5) is 23.8. The number of anilines is 2. The largest absolute Gasteiger partial charge is 0.380 e. The summed E-state index contributed by atoms with van der Waals surface area (Å²) in [5, 5.41) is 13.7. The summed E-state index contributed by atoms with van der Waals surface area (Å²) in [5.74, 6) is 0. The molecule has 3 rings (SSSR count). The van der Waals surface area contributed by atoms with Crippen LogP contribution in [0.15, 0.2) is 44.6 Å². The predicted molar refractivity (Wildman–Crippen MR) is 123 cm³/mol. The summed E-state index contributed by atoms with van der Waals surface area (Å²) < 4.78 is 0. The van der Waals surface area contributed by atoms with Gasteiger partial charge in [0.15, 0.2) is 0 Å². The van der Waals surface area contributed by atoms with Crippen molar-refractivity contribution in [3.8, 4) is 0 Å². The number of hydrogen-bond acceptors (Lipinski definition) is 6. The van der Waals surface area contributed by atoms with Crippen molar-refractivity contribution in [2.45, 2.75) is 32.6 Å². The van der Waals surface area contributed by atoms with Crippen LogP contribution in [0.2, 0.25) is 0 Å². The highest BCUT2D eigenvalue weighted by atomic mass is 32.1. The minimum Gasteiger partial charge on any atom is -0.380 e. The summed E-state index contributed by atoms with van der Waals surface area (Å²) in [6, 6.07) is 8.53. The van der Waals surface area contributed by atoms with Crippen LogP contribution in [0.5, 0.6) is 0 Å². The zero-order chi connectivity index (χ0) is 20.6. The van der Waals surface area contributed by atoms with Gasteiger partial charge < -0.3 is 16.0 Å². The smallest absolute Gasteiger partial charge is 0.253 e. The summed E-state index contributed by atoms with van der Waals surface area (Å²) in [5.41, 5.74) is 5.38. The minimum absolute atomic E-state index is 0.409. The van der Waals surface area contributed by atoms with Crippen molar-refractivity contribution >= 4 is 22.7 Å². The molecule has 0 fully saturated rings. The lowest BCUT2D eigenvalue weighted by molar-refractivity contribution is 0.773. The normalized spacial score (nSPS) is 11.1. The second-order valence-corrected chi connectivity index (χ2v) is 8.09. The van der Waals surface area contributed by atoms with Gasteiger partial charge in [-0.3, -0.25) is 9.59 Å². The fourth-order valence-corrected chi connectivity index (χ4v) is 4.29. The van der Waals surface area contributed by atoms with E-state index in [1.807, 2.05) is 12.4 Å². The molecular formula is C23H29N3O2S. The second-order valence-electron chi connectivity index (χ2n) is 7.31. The van der Waals surface area contributed by atoms with Gasteiger partial charge in [-0.05, 0) is 85.3 Å². The third kappa shape index (κ3) is 5.34. The Morgan fingerprint density at radius 2 is 1.66 bits per heavy atom. The molecule has 3 aromatic rings. The van der Waals surface area contributed by atoms with Gasteiger partial charge >= 0.3 is 0 Å². The molecule has 1 heterocycles. The molecule has 0 unspecified atom stereocenters. The number of thiophene rings is 1. The maximum absolute atomic E-state index is 11.9. The van der Waals surface area contributed by atoms with E-state index in [1.165, 1.54) is 22.3 Å². The molecule has 0 radical (unpaired) electrons. The van der Waals surface area contributed by atoms with Crippen molar-refractivity contribution < 1.29 is 0 Å². The van der Waals surface area contributed by atoms with Crippen LogP contribution < -0.4 is 26.8 Å². The number of nitrogens with one attached hydrogen (secondary N) is 3. The van der Waals surface area contributed by atoms with E-state index in [4.69, 9.17) is 0 Å². The van der Waals surface area contributed by atoms with Crippen molar-refractivity contribution in [2.24, 2.45) is 0 Å². The van der Waals surface area contributed by atoms with E-state index in [0.29, 0.717) is 24.5 Å². The predicted octanol–water partition coefficient (Wildman–Crippen LogP) is 3.11. The lowest BCUT2D eigenvalue weighted by Gasteiger charge is -2.16. The number of likely N-dealkylation sites (N-methyl/N-ethyl adjacent to an activating group) is 1. The first-order valence-corrected chi connectivity index (χ1v) is 11.1. The molecule has 0 amide bonds. The summed E-state index contributed by atoms with van der Waals surface area (Å²) in [7, 11) is 1.97. The number of rotatable bonds is 12. The van der Waals surface area contributed by atoms with E-state index in [-0.39, 0.29) is 0 Å². The average molecular weight is 412 g/mol. The summed E-state index contributed by atoms with van der Waals surface area (Å²) in [6.07, 6.45) is 3.71. The molecule has 5 nitrogen and oxygen atoms in total. The van der Waals surface area contributed by atoms with Crippen LogP contribution >= 0.6 is 11.3 Å². The lowest BCUT2D eigenvalue weighted by Crippen LogP contribution is -2.38. The molecule has 1 aromatic heterocycles. The Balaban J connectivity index is 1.51. The van der Waals surface area contributed by atoms with Gasteiger partial charge in [0.05, 0.1) is 0 Å². The highest BCUT2D eigenvalue weighted by Gasteiger charge is 2.20. The maximum atomic E-state index is 11.9. The van der Waals surface area contributed by atoms with E-state index < -0.39 is 10.9 Å². The monoisotopic (exact) mass is 411 g/mol. The van der Waals surface area contributed by atoms with Crippen LogP contribution in [-0.4, -0.2) is 26.7 Å². The zero-order valence-electron chi connectivity index (χ0n) is 17.1. The fourth-order valence-electron chi connectivity index (χ4n) is 3.59. The lowest BCUT2D eigenvalue weighted by atomic mass is 9.95. The minimum atomic E-state index is -0.411. The highest BCUT2D eigenvalue weighted by molar-refractivity contribution is 7.07. The molecule has 0 atom stereocenters. The Bertz CT molecular complexity index is 988. The van der Waals surface area contributed by atoms with Crippen molar-refractivity contribution in [3.63, 3.8) is 0 Å². The Hall–Kier alpha value is -2.44. The molecule has 0 saturated heterocycles. The van der Waals surface area contributed by atoms with E-state index in [0.717, 1.165) is 32.2 Å². The van der Waals surface area contributed by atoms with Gasteiger partial charge in [0, 0.05) is 13.1 Å².